The number of benzene rings is 2. The van der Waals surface area contributed by atoms with Crippen molar-refractivity contribution in [3.8, 4) is 11.8 Å². The van der Waals surface area contributed by atoms with Crippen molar-refractivity contribution in [2.24, 2.45) is 22.7 Å². The molecule has 2 aromatic carbocycles. The Morgan fingerprint density at radius 3 is 2.53 bits per heavy atom. The number of anilines is 1. The number of nitrogens with one attached hydrogen (secondary N) is 1. The van der Waals surface area contributed by atoms with Gasteiger partial charge >= 0.3 is 12.3 Å². The normalized spacial score (nSPS) is 30.0. The highest BCUT2D eigenvalue weighted by Gasteiger charge is 2.63. The Hall–Kier alpha value is -2.98. The van der Waals surface area contributed by atoms with Crippen LogP contribution in [0, 0.1) is 34.5 Å². The van der Waals surface area contributed by atoms with Crippen molar-refractivity contribution in [2.75, 3.05) is 5.32 Å². The molecule has 4 nitrogen and oxygen atoms in total. The second-order valence-electron chi connectivity index (χ2n) is 10.7. The number of hydrogen-bond acceptors (Lipinski definition) is 3. The molecule has 0 spiro atoms. The number of hydrogen-bond donors (Lipinski definition) is 1. The summed E-state index contributed by atoms with van der Waals surface area (Å²) in [4.78, 5) is 25.9. The van der Waals surface area contributed by atoms with Gasteiger partial charge in [0.2, 0.25) is 0 Å². The number of carbonyl (C=O) groups excluding carboxylic acids is 2. The Labute approximate surface area is 212 Å². The molecule has 188 valence electrons. The SMILES string of the molecule is CC1(C)C2CC[C@@]1(C)C(C(=O)c1ccccc1C#CC1(C(F)(F)F)OC(=O)Nc3ccc(Cl)cc31)C2. The summed E-state index contributed by atoms with van der Waals surface area (Å²) in [5, 5.41) is 2.30. The first-order valence-corrected chi connectivity index (χ1v) is 12.2. The van der Waals surface area contributed by atoms with Crippen LogP contribution in [0.25, 0.3) is 0 Å². The molecule has 2 saturated carbocycles. The fourth-order valence-electron chi connectivity index (χ4n) is 6.37. The number of fused-ring (bicyclic) bond motifs is 3. The van der Waals surface area contributed by atoms with E-state index in [1.165, 1.54) is 18.2 Å². The van der Waals surface area contributed by atoms with Crippen molar-refractivity contribution in [3.63, 3.8) is 0 Å². The summed E-state index contributed by atoms with van der Waals surface area (Å²) in [5.41, 5.74) is -3.50. The summed E-state index contributed by atoms with van der Waals surface area (Å²) in [7, 11) is 0. The standard InChI is InChI=1S/C28H25ClF3NO3/c1-25(2)17-11-12-26(25,3)21(14-17)23(34)19-7-5-4-6-16(19)10-13-27(28(30,31)32)20-15-18(29)8-9-22(20)33-24(35)36-27/h4-9,15,17,21H,11-12,14H2,1-3H3,(H,33,35)/t17?,21?,26-,27?/m0/s1. The number of ether oxygens (including phenoxy) is 1. The van der Waals surface area contributed by atoms with Gasteiger partial charge in [0.25, 0.3) is 5.60 Å². The van der Waals surface area contributed by atoms with Crippen molar-refractivity contribution in [2.45, 2.75) is 51.8 Å². The molecule has 0 aromatic heterocycles. The molecule has 36 heavy (non-hydrogen) atoms. The third-order valence-electron chi connectivity index (χ3n) is 8.92. The molecule has 2 aliphatic carbocycles. The lowest BCUT2D eigenvalue weighted by Gasteiger charge is -2.38. The number of cyclic esters (lactones) is 1. The summed E-state index contributed by atoms with van der Waals surface area (Å²) < 4.78 is 48.4. The maximum absolute atomic E-state index is 14.5. The fraction of sp³-hybridized carbons (Fsp3) is 0.429. The summed E-state index contributed by atoms with van der Waals surface area (Å²) in [6.45, 7) is 6.54. The Kier molecular flexibility index (Phi) is 5.50. The molecule has 1 N–H and O–H groups in total. The Bertz CT molecular complexity index is 1340. The van der Waals surface area contributed by atoms with E-state index in [9.17, 15) is 22.8 Å². The van der Waals surface area contributed by atoms with Gasteiger partial charge in [0, 0.05) is 27.6 Å². The molecule has 5 rings (SSSR count). The van der Waals surface area contributed by atoms with Crippen LogP contribution in [0.1, 0.15) is 61.5 Å². The average molecular weight is 516 g/mol. The average Bonchev–Trinajstić information content (AvgIpc) is 3.15. The van der Waals surface area contributed by atoms with Gasteiger partial charge in [-0.05, 0) is 66.2 Å². The smallest absolute Gasteiger partial charge is 0.415 e. The summed E-state index contributed by atoms with van der Waals surface area (Å²) in [6.07, 6.45) is -3.58. The molecule has 2 bridgehead atoms. The van der Waals surface area contributed by atoms with E-state index < -0.39 is 23.4 Å². The molecule has 2 aromatic rings. The third kappa shape index (κ3) is 3.45. The van der Waals surface area contributed by atoms with Crippen LogP contribution in [0.2, 0.25) is 5.02 Å². The van der Waals surface area contributed by atoms with Crippen LogP contribution in [0.3, 0.4) is 0 Å². The van der Waals surface area contributed by atoms with Crippen molar-refractivity contribution in [1.29, 1.82) is 0 Å². The molecule has 1 aliphatic heterocycles. The number of halogens is 4. The first-order chi connectivity index (χ1) is 16.8. The second kappa shape index (κ2) is 8.01. The maximum Gasteiger partial charge on any atom is 0.445 e. The Morgan fingerprint density at radius 2 is 1.89 bits per heavy atom. The van der Waals surface area contributed by atoms with E-state index in [-0.39, 0.29) is 44.4 Å². The molecule has 3 aliphatic rings. The highest BCUT2D eigenvalue weighted by Crippen LogP contribution is 2.68. The summed E-state index contributed by atoms with van der Waals surface area (Å²) in [6, 6.07) is 10.1. The molecular formula is C28H25ClF3NO3. The predicted molar refractivity (Wildman–Crippen MR) is 130 cm³/mol. The third-order valence-corrected chi connectivity index (χ3v) is 9.15. The summed E-state index contributed by atoms with van der Waals surface area (Å²) >= 11 is 5.99. The van der Waals surface area contributed by atoms with Crippen LogP contribution in [-0.2, 0) is 10.3 Å². The Balaban J connectivity index is 1.60. The topological polar surface area (TPSA) is 55.4 Å². The predicted octanol–water partition coefficient (Wildman–Crippen LogP) is 7.36. The van der Waals surface area contributed by atoms with Crippen LogP contribution < -0.4 is 5.32 Å². The van der Waals surface area contributed by atoms with E-state index >= 15 is 0 Å². The van der Waals surface area contributed by atoms with Crippen molar-refractivity contribution >= 4 is 29.2 Å². The van der Waals surface area contributed by atoms with Gasteiger partial charge in [0.05, 0.1) is 5.69 Å². The lowest BCUT2D eigenvalue weighted by Crippen LogP contribution is -2.49. The van der Waals surface area contributed by atoms with Crippen molar-refractivity contribution in [1.82, 2.24) is 0 Å². The molecule has 4 atom stereocenters. The van der Waals surface area contributed by atoms with Crippen LogP contribution >= 0.6 is 11.6 Å². The fourth-order valence-corrected chi connectivity index (χ4v) is 6.54. The molecule has 0 radical (unpaired) electrons. The molecule has 1 heterocycles. The van der Waals surface area contributed by atoms with Gasteiger partial charge in [0.1, 0.15) is 0 Å². The Morgan fingerprint density at radius 1 is 1.17 bits per heavy atom. The molecule has 3 unspecified atom stereocenters. The number of amides is 1. The van der Waals surface area contributed by atoms with Crippen LogP contribution in [0.15, 0.2) is 42.5 Å². The molecule has 2 fully saturated rings. The summed E-state index contributed by atoms with van der Waals surface area (Å²) in [5.74, 6) is 4.82. The number of ketones is 1. The van der Waals surface area contributed by atoms with Gasteiger partial charge < -0.3 is 4.74 Å². The first kappa shape index (κ1) is 24.7. The first-order valence-electron chi connectivity index (χ1n) is 11.8. The minimum Gasteiger partial charge on any atom is -0.415 e. The zero-order chi connectivity index (χ0) is 26.1. The number of carbonyl (C=O) groups is 2. The molecule has 8 heteroatoms. The largest absolute Gasteiger partial charge is 0.445 e. The van der Waals surface area contributed by atoms with Gasteiger partial charge in [-0.2, -0.15) is 13.2 Å². The monoisotopic (exact) mass is 515 g/mol. The lowest BCUT2D eigenvalue weighted by molar-refractivity contribution is -0.239. The molecular weight excluding hydrogens is 491 g/mol. The zero-order valence-corrected chi connectivity index (χ0v) is 20.8. The van der Waals surface area contributed by atoms with E-state index in [0.717, 1.165) is 25.3 Å². The highest BCUT2D eigenvalue weighted by atomic mass is 35.5. The van der Waals surface area contributed by atoms with E-state index in [1.54, 1.807) is 18.2 Å². The van der Waals surface area contributed by atoms with E-state index in [4.69, 9.17) is 16.3 Å². The number of rotatable bonds is 2. The number of Topliss-reactive ketones (excluding diaryl/α,β-unsaturated/α-hetero) is 1. The minimum atomic E-state index is -5.07. The van der Waals surface area contributed by atoms with Gasteiger partial charge in [-0.25, -0.2) is 4.79 Å². The zero-order valence-electron chi connectivity index (χ0n) is 20.1. The van der Waals surface area contributed by atoms with Crippen molar-refractivity contribution in [3.05, 3.63) is 64.2 Å². The number of alkyl halides is 3. The van der Waals surface area contributed by atoms with Crippen LogP contribution in [-0.4, -0.2) is 18.1 Å². The van der Waals surface area contributed by atoms with Crippen molar-refractivity contribution < 1.29 is 27.5 Å². The van der Waals surface area contributed by atoms with E-state index in [0.29, 0.717) is 5.92 Å². The maximum atomic E-state index is 14.5. The minimum absolute atomic E-state index is 0.000565. The van der Waals surface area contributed by atoms with Crippen LogP contribution in [0.4, 0.5) is 23.7 Å². The van der Waals surface area contributed by atoms with Crippen LogP contribution in [0.5, 0.6) is 0 Å². The lowest BCUT2D eigenvalue weighted by atomic mass is 9.65. The van der Waals surface area contributed by atoms with Gasteiger partial charge in [0.15, 0.2) is 5.78 Å². The van der Waals surface area contributed by atoms with Gasteiger partial charge in [-0.3, -0.25) is 10.1 Å². The van der Waals surface area contributed by atoms with E-state index in [2.05, 4.69) is 37.9 Å². The van der Waals surface area contributed by atoms with Gasteiger partial charge in [-0.1, -0.05) is 56.5 Å². The molecule has 1 amide bonds. The van der Waals surface area contributed by atoms with Gasteiger partial charge in [-0.15, -0.1) is 0 Å². The quantitative estimate of drug-likeness (QED) is 0.336. The highest BCUT2D eigenvalue weighted by molar-refractivity contribution is 6.30. The van der Waals surface area contributed by atoms with E-state index in [1.807, 2.05) is 0 Å². The second-order valence-corrected chi connectivity index (χ2v) is 11.1. The molecule has 0 saturated heterocycles.